The Morgan fingerprint density at radius 2 is 1.87 bits per heavy atom. The summed E-state index contributed by atoms with van der Waals surface area (Å²) in [6.07, 6.45) is -1.93. The molecule has 0 saturated carbocycles. The maximum Gasteiger partial charge on any atom is 0.403 e. The Morgan fingerprint density at radius 3 is 2.27 bits per heavy atom. The zero-order valence-corrected chi connectivity index (χ0v) is 8.12. The second-order valence-corrected chi connectivity index (χ2v) is 3.62. The van der Waals surface area contributed by atoms with Crippen molar-refractivity contribution in [3.63, 3.8) is 0 Å². The van der Waals surface area contributed by atoms with E-state index in [1.54, 1.807) is 6.07 Å². The second kappa shape index (κ2) is 4.34. The van der Waals surface area contributed by atoms with Gasteiger partial charge in [-0.2, -0.15) is 12.6 Å². The van der Waals surface area contributed by atoms with Gasteiger partial charge >= 0.3 is 16.6 Å². The maximum atomic E-state index is 10.5. The summed E-state index contributed by atoms with van der Waals surface area (Å²) in [5.41, 5.74) is 0.0279. The molecule has 0 radical (unpaired) electrons. The molecule has 1 unspecified atom stereocenters. The van der Waals surface area contributed by atoms with Crippen molar-refractivity contribution >= 4 is 10.4 Å². The first-order chi connectivity index (χ1) is 6.90. The van der Waals surface area contributed by atoms with Gasteiger partial charge in [0.15, 0.2) is 0 Å². The molecule has 1 rings (SSSR count). The minimum absolute atomic E-state index is 0.0279. The number of rotatable bonds is 4. The van der Waals surface area contributed by atoms with Gasteiger partial charge in [0, 0.05) is 0 Å². The zero-order chi connectivity index (χ0) is 11.5. The Hall–Kier alpha value is -1.51. The van der Waals surface area contributed by atoms with Gasteiger partial charge in [-0.25, -0.2) is 0 Å². The van der Waals surface area contributed by atoms with E-state index in [4.69, 9.17) is 4.55 Å². The van der Waals surface area contributed by atoms with Crippen molar-refractivity contribution in [2.75, 3.05) is 0 Å². The lowest BCUT2D eigenvalue weighted by Crippen LogP contribution is -2.18. The highest BCUT2D eigenvalue weighted by molar-refractivity contribution is 7.80. The van der Waals surface area contributed by atoms with Crippen LogP contribution in [-0.2, 0) is 14.6 Å². The van der Waals surface area contributed by atoms with Crippen LogP contribution in [0.4, 0.5) is 0 Å². The summed E-state index contributed by atoms with van der Waals surface area (Å²) >= 11 is 0. The second-order valence-electron chi connectivity index (χ2n) is 2.57. The van der Waals surface area contributed by atoms with Gasteiger partial charge in [-0.1, -0.05) is 18.2 Å². The molecule has 0 bridgehead atoms. The summed E-state index contributed by atoms with van der Waals surface area (Å²) < 4.78 is 33.0. The number of nitro groups is 1. The van der Waals surface area contributed by atoms with Crippen LogP contribution in [0.1, 0.15) is 11.8 Å². The van der Waals surface area contributed by atoms with Gasteiger partial charge in [-0.05, 0) is 12.1 Å². The molecule has 1 aromatic carbocycles. The molecule has 1 N–H and O–H groups in total. The first-order valence-electron chi connectivity index (χ1n) is 3.74. The normalized spacial score (nSPS) is 13.4. The molecule has 1 atom stereocenters. The van der Waals surface area contributed by atoms with E-state index in [-0.39, 0.29) is 5.56 Å². The molecular weight excluding hydrogens is 226 g/mol. The predicted molar refractivity (Wildman–Crippen MR) is 48.8 cm³/mol. The Morgan fingerprint density at radius 1 is 1.33 bits per heavy atom. The van der Waals surface area contributed by atoms with E-state index in [9.17, 15) is 18.5 Å². The van der Waals surface area contributed by atoms with Crippen LogP contribution in [0.5, 0.6) is 0 Å². The molecule has 0 aliphatic carbocycles. The number of benzene rings is 1. The standard InChI is InChI=1S/C7H7NO6S/c9-8(10)7(14-15(11,12)13)6-4-2-1-3-5-6/h1-5,7H,(H,11,12,13). The van der Waals surface area contributed by atoms with E-state index in [1.807, 2.05) is 0 Å². The van der Waals surface area contributed by atoms with Crippen molar-refractivity contribution in [2.45, 2.75) is 6.23 Å². The monoisotopic (exact) mass is 233 g/mol. The van der Waals surface area contributed by atoms with Crippen LogP contribution in [0.2, 0.25) is 0 Å². The lowest BCUT2D eigenvalue weighted by molar-refractivity contribution is -0.570. The molecule has 0 spiro atoms. The molecule has 0 saturated heterocycles. The summed E-state index contributed by atoms with van der Waals surface area (Å²) in [5, 5.41) is 10.5. The largest absolute Gasteiger partial charge is 0.403 e. The molecule has 0 aromatic heterocycles. The molecule has 1 aromatic rings. The average molecular weight is 233 g/mol. The summed E-state index contributed by atoms with van der Waals surface area (Å²) in [6, 6.07) is 7.21. The molecule has 7 nitrogen and oxygen atoms in total. The van der Waals surface area contributed by atoms with E-state index in [1.165, 1.54) is 24.3 Å². The van der Waals surface area contributed by atoms with Crippen LogP contribution in [0, 0.1) is 10.1 Å². The van der Waals surface area contributed by atoms with Gasteiger partial charge in [-0.3, -0.25) is 14.7 Å². The third kappa shape index (κ3) is 3.62. The van der Waals surface area contributed by atoms with Crippen LogP contribution in [0.25, 0.3) is 0 Å². The predicted octanol–water partition coefficient (Wildman–Crippen LogP) is 0.781. The van der Waals surface area contributed by atoms with Gasteiger partial charge in [0.25, 0.3) is 0 Å². The van der Waals surface area contributed by atoms with Crippen LogP contribution in [0.15, 0.2) is 30.3 Å². The van der Waals surface area contributed by atoms with Gasteiger partial charge in [0.1, 0.15) is 0 Å². The van der Waals surface area contributed by atoms with E-state index in [2.05, 4.69) is 4.18 Å². The molecule has 0 aliphatic rings. The molecule has 0 aliphatic heterocycles. The number of hydrogen-bond donors (Lipinski definition) is 1. The van der Waals surface area contributed by atoms with E-state index in [0.717, 1.165) is 0 Å². The van der Waals surface area contributed by atoms with Crippen molar-refractivity contribution < 1.29 is 22.1 Å². The SMILES string of the molecule is O=[N+]([O-])C(OS(=O)(=O)O)c1ccccc1. The Labute approximate surface area is 85.4 Å². The fourth-order valence-electron chi connectivity index (χ4n) is 0.945. The molecule has 15 heavy (non-hydrogen) atoms. The van der Waals surface area contributed by atoms with Crippen LogP contribution < -0.4 is 0 Å². The highest BCUT2D eigenvalue weighted by atomic mass is 32.3. The molecule has 82 valence electrons. The molecule has 0 amide bonds. The molecule has 8 heteroatoms. The van der Waals surface area contributed by atoms with Crippen LogP contribution in [-0.4, -0.2) is 17.9 Å². The molecule has 0 fully saturated rings. The van der Waals surface area contributed by atoms with Crippen molar-refractivity contribution in [2.24, 2.45) is 0 Å². The molecular formula is C7H7NO6S. The van der Waals surface area contributed by atoms with Crippen LogP contribution in [0.3, 0.4) is 0 Å². The van der Waals surface area contributed by atoms with Gasteiger partial charge < -0.3 is 0 Å². The lowest BCUT2D eigenvalue weighted by Gasteiger charge is -2.07. The van der Waals surface area contributed by atoms with E-state index >= 15 is 0 Å². The quantitative estimate of drug-likeness (QED) is 0.356. The summed E-state index contributed by atoms with van der Waals surface area (Å²) in [4.78, 5) is 9.53. The van der Waals surface area contributed by atoms with Crippen LogP contribution >= 0.6 is 0 Å². The van der Waals surface area contributed by atoms with Gasteiger partial charge in [0.05, 0.1) is 10.5 Å². The van der Waals surface area contributed by atoms with Crippen molar-refractivity contribution in [1.82, 2.24) is 0 Å². The fourth-order valence-corrected chi connectivity index (χ4v) is 1.36. The Kier molecular flexibility index (Phi) is 3.35. The smallest absolute Gasteiger partial charge is 0.263 e. The lowest BCUT2D eigenvalue weighted by atomic mass is 10.2. The Bertz CT molecular complexity index is 442. The minimum atomic E-state index is -4.86. The van der Waals surface area contributed by atoms with E-state index in [0.29, 0.717) is 0 Å². The Balaban J connectivity index is 3.00. The number of hydrogen-bond acceptors (Lipinski definition) is 5. The summed E-state index contributed by atoms with van der Waals surface area (Å²) in [5.74, 6) is 0. The highest BCUT2D eigenvalue weighted by Crippen LogP contribution is 2.19. The summed E-state index contributed by atoms with van der Waals surface area (Å²) in [7, 11) is -4.86. The zero-order valence-electron chi connectivity index (χ0n) is 7.31. The third-order valence-electron chi connectivity index (χ3n) is 1.49. The average Bonchev–Trinajstić information content (AvgIpc) is 2.14. The van der Waals surface area contributed by atoms with Gasteiger partial charge in [-0.15, -0.1) is 0 Å². The first kappa shape index (κ1) is 11.6. The number of nitrogens with zero attached hydrogens (tertiary/aromatic N) is 1. The van der Waals surface area contributed by atoms with E-state index < -0.39 is 21.6 Å². The maximum absolute atomic E-state index is 10.5. The first-order valence-corrected chi connectivity index (χ1v) is 5.11. The van der Waals surface area contributed by atoms with Crippen molar-refractivity contribution in [3.8, 4) is 0 Å². The molecule has 0 heterocycles. The fraction of sp³-hybridized carbons (Fsp3) is 0.143. The van der Waals surface area contributed by atoms with Crippen molar-refractivity contribution in [3.05, 3.63) is 46.0 Å². The van der Waals surface area contributed by atoms with Gasteiger partial charge in [0.2, 0.25) is 0 Å². The topological polar surface area (TPSA) is 107 Å². The van der Waals surface area contributed by atoms with Crippen molar-refractivity contribution in [1.29, 1.82) is 0 Å². The highest BCUT2D eigenvalue weighted by Gasteiger charge is 2.29. The minimum Gasteiger partial charge on any atom is -0.263 e. The third-order valence-corrected chi connectivity index (χ3v) is 1.91. The summed E-state index contributed by atoms with van der Waals surface area (Å²) in [6.45, 7) is 0.